The maximum absolute atomic E-state index is 13.0. The Morgan fingerprint density at radius 1 is 1.31 bits per heavy atom. The number of likely N-dealkylation sites (tertiary alicyclic amines) is 1. The summed E-state index contributed by atoms with van der Waals surface area (Å²) in [4.78, 5) is 27.4. The number of benzene rings is 1. The maximum Gasteiger partial charge on any atom is 0.319 e. The molecule has 1 unspecified atom stereocenters. The van der Waals surface area contributed by atoms with E-state index in [1.54, 1.807) is 29.0 Å². The highest BCUT2D eigenvalue weighted by molar-refractivity contribution is 5.93. The van der Waals surface area contributed by atoms with Crippen LogP contribution in [0.1, 0.15) is 35.8 Å². The Morgan fingerprint density at radius 2 is 2.14 bits per heavy atom. The van der Waals surface area contributed by atoms with Crippen LogP contribution in [0.5, 0.6) is 0 Å². The fraction of sp³-hybridized carbons (Fsp3) is 0.476. The molecule has 1 atom stereocenters. The molecule has 2 heterocycles. The van der Waals surface area contributed by atoms with E-state index < -0.39 is 5.54 Å². The summed E-state index contributed by atoms with van der Waals surface area (Å²) in [5, 5.41) is 10.2. The van der Waals surface area contributed by atoms with Gasteiger partial charge in [-0.05, 0) is 50.5 Å². The van der Waals surface area contributed by atoms with Gasteiger partial charge in [0.15, 0.2) is 0 Å². The zero-order valence-corrected chi connectivity index (χ0v) is 17.3. The predicted octanol–water partition coefficient (Wildman–Crippen LogP) is 2.65. The Bertz CT molecular complexity index is 866. The maximum atomic E-state index is 13.0. The van der Waals surface area contributed by atoms with E-state index in [2.05, 4.69) is 15.7 Å². The number of ether oxygens (including phenoxy) is 1. The van der Waals surface area contributed by atoms with Crippen molar-refractivity contribution in [2.24, 2.45) is 0 Å². The van der Waals surface area contributed by atoms with Gasteiger partial charge in [-0.3, -0.25) is 9.48 Å². The summed E-state index contributed by atoms with van der Waals surface area (Å²) in [6, 6.07) is 9.10. The lowest BCUT2D eigenvalue weighted by atomic mass is 9.94. The fourth-order valence-electron chi connectivity index (χ4n) is 3.77. The van der Waals surface area contributed by atoms with Crippen LogP contribution >= 0.6 is 0 Å². The minimum atomic E-state index is -0.531. The fourth-order valence-corrected chi connectivity index (χ4v) is 3.77. The zero-order valence-electron chi connectivity index (χ0n) is 17.3. The Hall–Kier alpha value is -2.87. The van der Waals surface area contributed by atoms with E-state index in [-0.39, 0.29) is 11.9 Å². The van der Waals surface area contributed by atoms with Crippen molar-refractivity contribution in [3.63, 3.8) is 0 Å². The molecule has 2 aromatic rings. The van der Waals surface area contributed by atoms with E-state index in [1.165, 1.54) is 0 Å². The molecule has 29 heavy (non-hydrogen) atoms. The molecule has 8 heteroatoms. The van der Waals surface area contributed by atoms with E-state index in [0.29, 0.717) is 44.8 Å². The third kappa shape index (κ3) is 4.95. The van der Waals surface area contributed by atoms with Gasteiger partial charge in [0, 0.05) is 45.2 Å². The molecule has 0 aliphatic carbocycles. The molecular weight excluding hydrogens is 370 g/mol. The molecule has 3 rings (SSSR count). The Kier molecular flexibility index (Phi) is 6.53. The van der Waals surface area contributed by atoms with Crippen LogP contribution in [0.15, 0.2) is 36.5 Å². The monoisotopic (exact) mass is 399 g/mol. The largest absolute Gasteiger partial charge is 0.385 e. The third-order valence-corrected chi connectivity index (χ3v) is 5.32. The van der Waals surface area contributed by atoms with Crippen LogP contribution in [0.2, 0.25) is 0 Å². The van der Waals surface area contributed by atoms with Gasteiger partial charge in [-0.1, -0.05) is 12.1 Å². The number of nitrogens with zero attached hydrogens (tertiary/aromatic N) is 3. The number of nitrogens with one attached hydrogen (secondary N) is 2. The molecule has 156 valence electrons. The van der Waals surface area contributed by atoms with Crippen LogP contribution in [0.25, 0.3) is 0 Å². The zero-order chi connectivity index (χ0) is 20.9. The number of urea groups is 1. The second-order valence-corrected chi connectivity index (χ2v) is 7.48. The van der Waals surface area contributed by atoms with Crippen LogP contribution in [-0.2, 0) is 11.3 Å². The van der Waals surface area contributed by atoms with Crippen molar-refractivity contribution in [3.05, 3.63) is 47.8 Å². The Morgan fingerprint density at radius 3 is 2.86 bits per heavy atom. The normalized spacial score (nSPS) is 18.7. The number of carbonyl (C=O) groups excluding carboxylic acids is 2. The second kappa shape index (κ2) is 9.09. The Balaban J connectivity index is 1.70. The lowest BCUT2D eigenvalue weighted by molar-refractivity contribution is 0.0760. The summed E-state index contributed by atoms with van der Waals surface area (Å²) in [6.07, 6.45) is 2.93. The van der Waals surface area contributed by atoms with Crippen molar-refractivity contribution in [1.82, 2.24) is 20.0 Å². The highest BCUT2D eigenvalue weighted by Gasteiger charge is 2.41. The van der Waals surface area contributed by atoms with E-state index in [9.17, 15) is 9.59 Å². The van der Waals surface area contributed by atoms with Crippen molar-refractivity contribution < 1.29 is 14.3 Å². The number of aryl methyl sites for hydroxylation is 2. The molecule has 8 nitrogen and oxygen atoms in total. The third-order valence-electron chi connectivity index (χ3n) is 5.32. The number of methoxy groups -OCH3 is 1. The summed E-state index contributed by atoms with van der Waals surface area (Å²) in [6.45, 7) is 6.07. The van der Waals surface area contributed by atoms with Crippen molar-refractivity contribution in [3.8, 4) is 0 Å². The van der Waals surface area contributed by atoms with Gasteiger partial charge in [-0.25, -0.2) is 4.79 Å². The van der Waals surface area contributed by atoms with E-state index in [1.807, 2.05) is 38.1 Å². The topological polar surface area (TPSA) is 88.5 Å². The molecule has 3 amide bonds. The summed E-state index contributed by atoms with van der Waals surface area (Å²) in [7, 11) is 1.64. The number of anilines is 1. The van der Waals surface area contributed by atoms with Crippen molar-refractivity contribution in [2.45, 2.75) is 38.8 Å². The first-order valence-electron chi connectivity index (χ1n) is 9.92. The summed E-state index contributed by atoms with van der Waals surface area (Å²) < 4.78 is 6.95. The molecule has 0 saturated carbocycles. The van der Waals surface area contributed by atoms with Crippen LogP contribution < -0.4 is 10.6 Å². The quantitative estimate of drug-likeness (QED) is 0.749. The highest BCUT2D eigenvalue weighted by atomic mass is 16.5. The number of hydrogen-bond donors (Lipinski definition) is 2. The van der Waals surface area contributed by atoms with Crippen LogP contribution in [0.3, 0.4) is 0 Å². The van der Waals surface area contributed by atoms with E-state index >= 15 is 0 Å². The van der Waals surface area contributed by atoms with Gasteiger partial charge in [-0.2, -0.15) is 5.10 Å². The standard InChI is InChI=1S/C21H29N5O3/c1-4-26-18(8-11-22-26)19(27)25-12-9-21(15-25,10-13-29-3)24-20(28)23-17-7-5-6-16(2)14-17/h5-8,11,14H,4,9-10,12-13,15H2,1-3H3,(H2,23,24,28). The summed E-state index contributed by atoms with van der Waals surface area (Å²) >= 11 is 0. The first kappa shape index (κ1) is 20.9. The van der Waals surface area contributed by atoms with Crippen molar-refractivity contribution >= 4 is 17.6 Å². The van der Waals surface area contributed by atoms with Gasteiger partial charge in [0.25, 0.3) is 5.91 Å². The first-order valence-corrected chi connectivity index (χ1v) is 9.92. The SMILES string of the molecule is CCn1nccc1C(=O)N1CCC(CCOC)(NC(=O)Nc2cccc(C)c2)C1. The predicted molar refractivity (Wildman–Crippen MR) is 111 cm³/mol. The van der Waals surface area contributed by atoms with Gasteiger partial charge in [0.1, 0.15) is 5.69 Å². The second-order valence-electron chi connectivity index (χ2n) is 7.48. The molecule has 1 fully saturated rings. The first-order chi connectivity index (χ1) is 14.0. The summed E-state index contributed by atoms with van der Waals surface area (Å²) in [5.74, 6) is -0.0652. The molecular formula is C21H29N5O3. The minimum Gasteiger partial charge on any atom is -0.385 e. The molecule has 2 N–H and O–H groups in total. The van der Waals surface area contributed by atoms with Crippen LogP contribution in [0.4, 0.5) is 10.5 Å². The number of aromatic nitrogens is 2. The lowest BCUT2D eigenvalue weighted by Gasteiger charge is -2.30. The molecule has 0 spiro atoms. The average Bonchev–Trinajstić information content (AvgIpc) is 3.33. The minimum absolute atomic E-state index is 0.0652. The smallest absolute Gasteiger partial charge is 0.319 e. The van der Waals surface area contributed by atoms with Gasteiger partial charge in [0.05, 0.1) is 5.54 Å². The summed E-state index contributed by atoms with van der Waals surface area (Å²) in [5.41, 5.74) is 1.85. The molecule has 0 bridgehead atoms. The molecule has 1 aromatic heterocycles. The molecule has 1 saturated heterocycles. The number of rotatable bonds is 7. The molecule has 1 aromatic carbocycles. The number of carbonyl (C=O) groups is 2. The van der Waals surface area contributed by atoms with Crippen molar-refractivity contribution in [2.75, 3.05) is 32.1 Å². The molecule has 0 radical (unpaired) electrons. The highest BCUT2D eigenvalue weighted by Crippen LogP contribution is 2.27. The van der Waals surface area contributed by atoms with E-state index in [0.717, 1.165) is 11.3 Å². The number of amides is 3. The average molecular weight is 399 g/mol. The van der Waals surface area contributed by atoms with Gasteiger partial charge >= 0.3 is 6.03 Å². The van der Waals surface area contributed by atoms with Gasteiger partial charge < -0.3 is 20.3 Å². The van der Waals surface area contributed by atoms with Crippen LogP contribution in [0, 0.1) is 6.92 Å². The lowest BCUT2D eigenvalue weighted by Crippen LogP contribution is -2.53. The molecule has 1 aliphatic rings. The van der Waals surface area contributed by atoms with Crippen LogP contribution in [-0.4, -0.2) is 59.0 Å². The molecule has 1 aliphatic heterocycles. The van der Waals surface area contributed by atoms with Gasteiger partial charge in [-0.15, -0.1) is 0 Å². The number of hydrogen-bond acceptors (Lipinski definition) is 4. The van der Waals surface area contributed by atoms with E-state index in [4.69, 9.17) is 4.74 Å². The van der Waals surface area contributed by atoms with Gasteiger partial charge in [0.2, 0.25) is 0 Å². The van der Waals surface area contributed by atoms with Crippen molar-refractivity contribution in [1.29, 1.82) is 0 Å². The Labute approximate surface area is 171 Å².